The van der Waals surface area contributed by atoms with Gasteiger partial charge in [0.2, 0.25) is 0 Å². The standard InChI is InChI=1S/C23H17FN2O5/c1-30-22(28)16-6-4-15(5-7-16)20-11-10-18(31-20)12-19-21(27)26(23(29)25-19)13-14-2-8-17(24)9-3-14/h2-12H,13H2,1H3,(H,25,29)/b19-12-. The van der Waals surface area contributed by atoms with E-state index in [0.29, 0.717) is 22.6 Å². The summed E-state index contributed by atoms with van der Waals surface area (Å²) < 4.78 is 23.5. The van der Waals surface area contributed by atoms with Crippen molar-refractivity contribution < 1.29 is 27.9 Å². The van der Waals surface area contributed by atoms with Crippen molar-refractivity contribution >= 4 is 24.0 Å². The van der Waals surface area contributed by atoms with Crippen LogP contribution in [0.25, 0.3) is 17.4 Å². The van der Waals surface area contributed by atoms with Crippen molar-refractivity contribution in [3.63, 3.8) is 0 Å². The molecule has 1 fully saturated rings. The molecule has 3 aromatic rings. The summed E-state index contributed by atoms with van der Waals surface area (Å²) >= 11 is 0. The molecule has 0 radical (unpaired) electrons. The molecule has 4 rings (SSSR count). The molecule has 1 aliphatic heterocycles. The van der Waals surface area contributed by atoms with E-state index in [1.54, 1.807) is 36.4 Å². The van der Waals surface area contributed by atoms with E-state index in [2.05, 4.69) is 10.1 Å². The number of amides is 3. The monoisotopic (exact) mass is 420 g/mol. The molecule has 7 nitrogen and oxygen atoms in total. The summed E-state index contributed by atoms with van der Waals surface area (Å²) in [6, 6.07) is 15.1. The van der Waals surface area contributed by atoms with Crippen molar-refractivity contribution in [1.82, 2.24) is 10.2 Å². The lowest BCUT2D eigenvalue weighted by Crippen LogP contribution is -2.30. The summed E-state index contributed by atoms with van der Waals surface area (Å²) in [5.41, 5.74) is 1.86. The topological polar surface area (TPSA) is 88.9 Å². The van der Waals surface area contributed by atoms with Gasteiger partial charge in [-0.25, -0.2) is 14.0 Å². The average molecular weight is 420 g/mol. The smallest absolute Gasteiger partial charge is 0.337 e. The van der Waals surface area contributed by atoms with Crippen LogP contribution in [0, 0.1) is 5.82 Å². The molecule has 2 heterocycles. The summed E-state index contributed by atoms with van der Waals surface area (Å²) in [6.07, 6.45) is 1.44. The van der Waals surface area contributed by atoms with Gasteiger partial charge >= 0.3 is 12.0 Å². The van der Waals surface area contributed by atoms with Crippen LogP contribution in [-0.2, 0) is 16.1 Å². The maximum Gasteiger partial charge on any atom is 0.337 e. The number of nitrogens with one attached hydrogen (secondary N) is 1. The quantitative estimate of drug-likeness (QED) is 0.383. The Bertz CT molecular complexity index is 1180. The van der Waals surface area contributed by atoms with Gasteiger partial charge in [-0.1, -0.05) is 24.3 Å². The first-order chi connectivity index (χ1) is 14.9. The first kappa shape index (κ1) is 20.1. The molecular weight excluding hydrogens is 403 g/mol. The third kappa shape index (κ3) is 4.23. The van der Waals surface area contributed by atoms with Gasteiger partial charge in [0, 0.05) is 11.6 Å². The molecule has 0 saturated carbocycles. The Labute approximate surface area is 176 Å². The second-order valence-electron chi connectivity index (χ2n) is 6.78. The molecule has 1 aromatic heterocycles. The number of hydrogen-bond donors (Lipinski definition) is 1. The summed E-state index contributed by atoms with van der Waals surface area (Å²) in [5, 5.41) is 2.52. The number of ether oxygens (including phenoxy) is 1. The van der Waals surface area contributed by atoms with Gasteiger partial charge in [-0.2, -0.15) is 0 Å². The number of esters is 1. The summed E-state index contributed by atoms with van der Waals surface area (Å²) in [7, 11) is 1.31. The first-order valence-electron chi connectivity index (χ1n) is 9.32. The molecule has 1 N–H and O–H groups in total. The second-order valence-corrected chi connectivity index (χ2v) is 6.78. The van der Waals surface area contributed by atoms with Gasteiger partial charge in [-0.3, -0.25) is 9.69 Å². The van der Waals surface area contributed by atoms with Crippen molar-refractivity contribution in [1.29, 1.82) is 0 Å². The van der Waals surface area contributed by atoms with Crippen LogP contribution in [0.4, 0.5) is 9.18 Å². The Kier molecular flexibility index (Phi) is 5.36. The number of carbonyl (C=O) groups is 3. The normalized spacial score (nSPS) is 14.8. The molecule has 2 aromatic carbocycles. The maximum atomic E-state index is 13.1. The third-order valence-corrected chi connectivity index (χ3v) is 4.72. The molecule has 1 saturated heterocycles. The Morgan fingerprint density at radius 1 is 1.06 bits per heavy atom. The number of nitrogens with zero attached hydrogens (tertiary/aromatic N) is 1. The number of hydrogen-bond acceptors (Lipinski definition) is 5. The van der Waals surface area contributed by atoms with E-state index < -0.39 is 23.7 Å². The van der Waals surface area contributed by atoms with Gasteiger partial charge in [0.05, 0.1) is 19.2 Å². The highest BCUT2D eigenvalue weighted by molar-refractivity contribution is 6.13. The zero-order valence-electron chi connectivity index (χ0n) is 16.4. The highest BCUT2D eigenvalue weighted by atomic mass is 19.1. The zero-order valence-corrected chi connectivity index (χ0v) is 16.4. The highest BCUT2D eigenvalue weighted by Gasteiger charge is 2.33. The Morgan fingerprint density at radius 3 is 2.45 bits per heavy atom. The number of urea groups is 1. The molecule has 3 amide bonds. The van der Waals surface area contributed by atoms with Crippen molar-refractivity contribution in [2.75, 3.05) is 7.11 Å². The molecule has 8 heteroatoms. The van der Waals surface area contributed by atoms with Crippen LogP contribution in [0.1, 0.15) is 21.7 Å². The predicted molar refractivity (Wildman–Crippen MR) is 109 cm³/mol. The van der Waals surface area contributed by atoms with Gasteiger partial charge in [0.15, 0.2) is 0 Å². The molecule has 0 unspecified atom stereocenters. The van der Waals surface area contributed by atoms with Crippen LogP contribution in [0.2, 0.25) is 0 Å². The Morgan fingerprint density at radius 2 is 1.77 bits per heavy atom. The molecule has 1 aliphatic rings. The molecule has 156 valence electrons. The fourth-order valence-corrected chi connectivity index (χ4v) is 3.10. The minimum absolute atomic E-state index is 0.0260. The number of furan rings is 1. The van der Waals surface area contributed by atoms with Gasteiger partial charge in [-0.05, 0) is 42.0 Å². The number of rotatable bonds is 5. The first-order valence-corrected chi connectivity index (χ1v) is 9.32. The Hall–Kier alpha value is -4.20. The lowest BCUT2D eigenvalue weighted by Gasteiger charge is -2.11. The fraction of sp³-hybridized carbons (Fsp3) is 0.0870. The van der Waals surface area contributed by atoms with E-state index in [4.69, 9.17) is 4.42 Å². The van der Waals surface area contributed by atoms with E-state index in [0.717, 1.165) is 10.5 Å². The molecule has 0 atom stereocenters. The van der Waals surface area contributed by atoms with Crippen LogP contribution in [0.3, 0.4) is 0 Å². The Balaban J connectivity index is 1.50. The van der Waals surface area contributed by atoms with Crippen molar-refractivity contribution in [2.24, 2.45) is 0 Å². The van der Waals surface area contributed by atoms with Crippen molar-refractivity contribution in [3.8, 4) is 11.3 Å². The predicted octanol–water partition coefficient (Wildman–Crippen LogP) is 3.97. The van der Waals surface area contributed by atoms with E-state index in [9.17, 15) is 18.8 Å². The third-order valence-electron chi connectivity index (χ3n) is 4.72. The second kappa shape index (κ2) is 8.27. The van der Waals surface area contributed by atoms with Crippen molar-refractivity contribution in [3.05, 3.63) is 89.1 Å². The minimum Gasteiger partial charge on any atom is -0.465 e. The minimum atomic E-state index is -0.564. The summed E-state index contributed by atoms with van der Waals surface area (Å²) in [5.74, 6) is -0.426. The maximum absolute atomic E-state index is 13.1. The summed E-state index contributed by atoms with van der Waals surface area (Å²) in [6.45, 7) is 0.0260. The van der Waals surface area contributed by atoms with Gasteiger partial charge in [0.25, 0.3) is 5.91 Å². The SMILES string of the molecule is COC(=O)c1ccc(-c2ccc(/C=C3\NC(=O)N(Cc4ccc(F)cc4)C3=O)o2)cc1. The molecular formula is C23H17FN2O5. The van der Waals surface area contributed by atoms with Crippen LogP contribution in [-0.4, -0.2) is 29.9 Å². The van der Waals surface area contributed by atoms with Crippen LogP contribution >= 0.6 is 0 Å². The molecule has 0 spiro atoms. The highest BCUT2D eigenvalue weighted by Crippen LogP contribution is 2.25. The number of halogens is 1. The van der Waals surface area contributed by atoms with Gasteiger partial charge in [0.1, 0.15) is 23.0 Å². The molecule has 0 bridgehead atoms. The van der Waals surface area contributed by atoms with E-state index in [-0.39, 0.29) is 12.2 Å². The average Bonchev–Trinajstić information content (AvgIpc) is 3.35. The van der Waals surface area contributed by atoms with Gasteiger partial charge < -0.3 is 14.5 Å². The van der Waals surface area contributed by atoms with Crippen molar-refractivity contribution in [2.45, 2.75) is 6.54 Å². The zero-order chi connectivity index (χ0) is 22.0. The molecule has 31 heavy (non-hydrogen) atoms. The number of benzene rings is 2. The van der Waals surface area contributed by atoms with Gasteiger partial charge in [-0.15, -0.1) is 0 Å². The fourth-order valence-electron chi connectivity index (χ4n) is 3.10. The van der Waals surface area contributed by atoms with E-state index in [1.165, 1.54) is 37.5 Å². The number of methoxy groups -OCH3 is 1. The lowest BCUT2D eigenvalue weighted by molar-refractivity contribution is -0.123. The van der Waals surface area contributed by atoms with Crippen LogP contribution < -0.4 is 5.32 Å². The van der Waals surface area contributed by atoms with E-state index >= 15 is 0 Å². The van der Waals surface area contributed by atoms with Crippen LogP contribution in [0.5, 0.6) is 0 Å². The van der Waals surface area contributed by atoms with E-state index in [1.807, 2.05) is 0 Å². The number of imide groups is 1. The molecule has 0 aliphatic carbocycles. The van der Waals surface area contributed by atoms with Crippen LogP contribution in [0.15, 0.2) is 70.8 Å². The number of carbonyl (C=O) groups excluding carboxylic acids is 3. The summed E-state index contributed by atoms with van der Waals surface area (Å²) in [4.78, 5) is 37.4. The lowest BCUT2D eigenvalue weighted by atomic mass is 10.1. The largest absolute Gasteiger partial charge is 0.465 e.